The maximum Gasteiger partial charge on any atom is 0.309 e. The summed E-state index contributed by atoms with van der Waals surface area (Å²) < 4.78 is 5.19. The molecule has 30 heavy (non-hydrogen) atoms. The van der Waals surface area contributed by atoms with Crippen molar-refractivity contribution in [2.75, 3.05) is 27.3 Å². The zero-order chi connectivity index (χ0) is 21.6. The molecule has 0 aromatic carbocycles. The molecule has 6 heteroatoms. The van der Waals surface area contributed by atoms with Crippen LogP contribution in [0, 0.1) is 40.4 Å². The van der Waals surface area contributed by atoms with Crippen molar-refractivity contribution in [2.45, 2.75) is 58.1 Å². The number of methoxy groups -OCH3 is 1. The van der Waals surface area contributed by atoms with Crippen molar-refractivity contribution in [3.63, 3.8) is 0 Å². The second-order valence-corrected chi connectivity index (χ2v) is 10.7. The number of allylic oxidation sites excluding steroid dienone is 2. The van der Waals surface area contributed by atoms with Crippen LogP contribution in [0.15, 0.2) is 11.1 Å². The van der Waals surface area contributed by atoms with Crippen molar-refractivity contribution in [2.24, 2.45) is 40.4 Å². The molecule has 6 rings (SSSR count). The minimum absolute atomic E-state index is 0.0337. The Morgan fingerprint density at radius 3 is 2.60 bits per heavy atom. The highest BCUT2D eigenvalue weighted by Crippen LogP contribution is 2.74. The summed E-state index contributed by atoms with van der Waals surface area (Å²) >= 11 is 0. The Bertz CT molecular complexity index is 822. The molecule has 9 atom stereocenters. The van der Waals surface area contributed by atoms with Crippen LogP contribution >= 0.6 is 0 Å². The number of Topliss-reactive ketones (excluding diaryl/α,β-unsaturated/α-hetero) is 1. The number of nitrogens with zero attached hydrogens (tertiary/aromatic N) is 1. The third-order valence-corrected chi connectivity index (χ3v) is 10.1. The van der Waals surface area contributed by atoms with Gasteiger partial charge in [-0.25, -0.2) is 0 Å². The van der Waals surface area contributed by atoms with Crippen LogP contribution in [0.5, 0.6) is 0 Å². The van der Waals surface area contributed by atoms with Crippen LogP contribution in [0.25, 0.3) is 0 Å². The van der Waals surface area contributed by atoms with Crippen LogP contribution in [0.4, 0.5) is 0 Å². The van der Waals surface area contributed by atoms with Crippen LogP contribution in [0.3, 0.4) is 0 Å². The van der Waals surface area contributed by atoms with Crippen molar-refractivity contribution in [3.05, 3.63) is 11.1 Å². The summed E-state index contributed by atoms with van der Waals surface area (Å²) in [5, 5.41) is 18.8. The van der Waals surface area contributed by atoms with Crippen LogP contribution in [-0.4, -0.2) is 66.3 Å². The van der Waals surface area contributed by atoms with E-state index in [1.165, 1.54) is 18.3 Å². The largest absolute Gasteiger partial charge is 0.469 e. The Morgan fingerprint density at radius 2 is 1.90 bits per heavy atom. The van der Waals surface area contributed by atoms with Gasteiger partial charge in [-0.05, 0) is 49.9 Å². The monoisotopic (exact) mass is 417 g/mol. The number of hydrogen-bond donors (Lipinski definition) is 2. The molecule has 166 valence electrons. The zero-order valence-electron chi connectivity index (χ0n) is 18.6. The topological polar surface area (TPSA) is 87.1 Å². The third kappa shape index (κ3) is 2.06. The molecule has 0 radical (unpaired) electrons. The normalized spacial score (nSPS) is 50.6. The molecule has 6 nitrogen and oxygen atoms in total. The minimum Gasteiger partial charge on any atom is -0.469 e. The van der Waals surface area contributed by atoms with Crippen molar-refractivity contribution in [1.29, 1.82) is 0 Å². The quantitative estimate of drug-likeness (QED) is 0.500. The van der Waals surface area contributed by atoms with Gasteiger partial charge in [-0.15, -0.1) is 0 Å². The summed E-state index contributed by atoms with van der Waals surface area (Å²) in [6.07, 6.45) is 4.12. The molecule has 2 saturated heterocycles. The van der Waals surface area contributed by atoms with Crippen molar-refractivity contribution in [1.82, 2.24) is 4.90 Å². The average molecular weight is 418 g/mol. The number of ketones is 1. The highest BCUT2D eigenvalue weighted by atomic mass is 16.5. The molecule has 2 aliphatic heterocycles. The van der Waals surface area contributed by atoms with Crippen LogP contribution in [0.1, 0.15) is 46.0 Å². The van der Waals surface area contributed by atoms with Gasteiger partial charge in [0.25, 0.3) is 0 Å². The number of rotatable bonds is 1. The standard InChI is InChI=1S/C23H31NO4.CH4O/c1-11-9-24-10-13-6-4-12-5-7-14-15(21(27)28-3)8-23(17(12)14)19(25)16(11)18(24)20(26)22(13,23)2;1-2/h11,13-16,18,20,26H,4-10H2,1-3H3;2H,1H3/t11-,13-,14-,15-,16+,18-,20+,22-,23+;/m1./s1. The van der Waals surface area contributed by atoms with E-state index in [9.17, 15) is 14.7 Å². The first-order chi connectivity index (χ1) is 14.4. The molecule has 0 aromatic rings. The molecule has 2 bridgehead atoms. The highest BCUT2D eigenvalue weighted by molar-refractivity contribution is 5.96. The summed E-state index contributed by atoms with van der Waals surface area (Å²) in [4.78, 5) is 29.5. The Kier molecular flexibility index (Phi) is 4.56. The molecule has 6 aliphatic rings. The molecule has 0 unspecified atom stereocenters. The van der Waals surface area contributed by atoms with E-state index in [2.05, 4.69) is 18.7 Å². The fourth-order valence-corrected chi connectivity index (χ4v) is 9.01. The number of hydrogen-bond acceptors (Lipinski definition) is 6. The summed E-state index contributed by atoms with van der Waals surface area (Å²) in [5.41, 5.74) is 1.59. The lowest BCUT2D eigenvalue weighted by Crippen LogP contribution is -2.72. The van der Waals surface area contributed by atoms with Gasteiger partial charge in [-0.2, -0.15) is 0 Å². The van der Waals surface area contributed by atoms with Crippen molar-refractivity contribution >= 4 is 11.8 Å². The molecule has 4 fully saturated rings. The first-order valence-corrected chi connectivity index (χ1v) is 11.6. The van der Waals surface area contributed by atoms with Crippen LogP contribution in [-0.2, 0) is 14.3 Å². The minimum atomic E-state index is -0.658. The summed E-state index contributed by atoms with van der Waals surface area (Å²) in [5.74, 6) is 0.564. The lowest BCUT2D eigenvalue weighted by Gasteiger charge is -2.63. The molecule has 0 amide bonds. The van der Waals surface area contributed by atoms with E-state index in [-0.39, 0.29) is 35.7 Å². The van der Waals surface area contributed by atoms with Gasteiger partial charge in [-0.1, -0.05) is 25.0 Å². The average Bonchev–Trinajstić information content (AvgIpc) is 3.38. The number of carbonyl (C=O) groups is 2. The first-order valence-electron chi connectivity index (χ1n) is 11.6. The lowest BCUT2D eigenvalue weighted by molar-refractivity contribution is -0.199. The summed E-state index contributed by atoms with van der Waals surface area (Å²) in [7, 11) is 2.47. The molecule has 4 aliphatic carbocycles. The molecule has 2 N–H and O–H groups in total. The maximum absolute atomic E-state index is 14.4. The van der Waals surface area contributed by atoms with Gasteiger partial charge >= 0.3 is 5.97 Å². The van der Waals surface area contributed by atoms with Gasteiger partial charge in [0.1, 0.15) is 5.78 Å². The molecule has 1 spiro atoms. The van der Waals surface area contributed by atoms with Crippen molar-refractivity contribution in [3.8, 4) is 0 Å². The Balaban J connectivity index is 0.000000937. The maximum atomic E-state index is 14.4. The SMILES string of the molecule is CO.COC(=O)[C@@H]1C[C@]23C(=O)[C@@H]4[C@@H]5[C@H](O)[C@@]2(C)[C@H](CCC2=C3[C@@H]1CC2)CN5C[C@H]4C. The molecule has 2 saturated carbocycles. The van der Waals surface area contributed by atoms with Gasteiger partial charge < -0.3 is 14.9 Å². The van der Waals surface area contributed by atoms with E-state index in [4.69, 9.17) is 9.84 Å². The van der Waals surface area contributed by atoms with E-state index in [1.54, 1.807) is 0 Å². The van der Waals surface area contributed by atoms with Gasteiger partial charge in [0.15, 0.2) is 0 Å². The number of aliphatic hydroxyl groups excluding tert-OH is 2. The molecule has 0 aromatic heterocycles. The van der Waals surface area contributed by atoms with E-state index < -0.39 is 16.9 Å². The predicted molar refractivity (Wildman–Crippen MR) is 110 cm³/mol. The fourth-order valence-electron chi connectivity index (χ4n) is 9.01. The van der Waals surface area contributed by atoms with E-state index in [0.29, 0.717) is 18.1 Å². The van der Waals surface area contributed by atoms with Gasteiger partial charge in [0, 0.05) is 37.6 Å². The second kappa shape index (κ2) is 6.63. The van der Waals surface area contributed by atoms with E-state index in [0.717, 1.165) is 45.9 Å². The number of carbonyl (C=O) groups excluding carboxylic acids is 2. The molecular formula is C24H35NO5. The third-order valence-electron chi connectivity index (χ3n) is 10.1. The summed E-state index contributed by atoms with van der Waals surface area (Å²) in [6.45, 7) is 6.28. The molecule has 2 heterocycles. The second-order valence-electron chi connectivity index (χ2n) is 10.7. The smallest absolute Gasteiger partial charge is 0.309 e. The highest BCUT2D eigenvalue weighted by Gasteiger charge is 2.77. The van der Waals surface area contributed by atoms with Crippen LogP contribution < -0.4 is 0 Å². The Hall–Kier alpha value is -1.24. The first kappa shape index (κ1) is 20.7. The molecular weight excluding hydrogens is 382 g/mol. The Labute approximate surface area is 178 Å². The van der Waals surface area contributed by atoms with E-state index in [1.807, 2.05) is 0 Å². The van der Waals surface area contributed by atoms with Gasteiger partial charge in [0.2, 0.25) is 0 Å². The van der Waals surface area contributed by atoms with Gasteiger partial charge in [-0.3, -0.25) is 14.5 Å². The number of piperidine rings is 1. The number of aliphatic hydroxyl groups is 2. The van der Waals surface area contributed by atoms with Crippen LogP contribution in [0.2, 0.25) is 0 Å². The van der Waals surface area contributed by atoms with E-state index >= 15 is 0 Å². The number of ether oxygens (including phenoxy) is 1. The van der Waals surface area contributed by atoms with Gasteiger partial charge in [0.05, 0.1) is 24.5 Å². The fraction of sp³-hybridized carbons (Fsp3) is 0.833. The number of esters is 1. The van der Waals surface area contributed by atoms with Crippen molar-refractivity contribution < 1.29 is 24.5 Å². The Morgan fingerprint density at radius 1 is 1.20 bits per heavy atom. The summed E-state index contributed by atoms with van der Waals surface area (Å²) in [6, 6.07) is -0.0337. The predicted octanol–water partition coefficient (Wildman–Crippen LogP) is 1.79. The lowest BCUT2D eigenvalue weighted by atomic mass is 9.43. The zero-order valence-corrected chi connectivity index (χ0v) is 18.6.